The molecule has 0 aromatic carbocycles. The van der Waals surface area contributed by atoms with Crippen LogP contribution in [0, 0.1) is 0 Å². The molecule has 1 nitrogen and oxygen atoms in total. The van der Waals surface area contributed by atoms with Gasteiger partial charge in [-0.15, -0.1) is 0 Å². The third-order valence-corrected chi connectivity index (χ3v) is 3.10. The Kier molecular flexibility index (Phi) is 1.40. The van der Waals surface area contributed by atoms with Crippen molar-refractivity contribution in [3.05, 3.63) is 11.1 Å². The molecule has 2 aliphatic rings. The van der Waals surface area contributed by atoms with Gasteiger partial charge in [-0.25, -0.2) is 0 Å². The van der Waals surface area contributed by atoms with Crippen molar-refractivity contribution in [3.8, 4) is 0 Å². The zero-order valence-corrected chi connectivity index (χ0v) is 7.61. The zero-order chi connectivity index (χ0) is 8.06. The second kappa shape index (κ2) is 2.10. The van der Waals surface area contributed by atoms with Gasteiger partial charge in [0.25, 0.3) is 0 Å². The fraction of sp³-hybridized carbons (Fsp3) is 0.800. The van der Waals surface area contributed by atoms with E-state index in [0.717, 1.165) is 0 Å². The zero-order valence-electron chi connectivity index (χ0n) is 7.61. The molecule has 0 aromatic rings. The molecule has 0 N–H and O–H groups in total. The average Bonchev–Trinajstić information content (AvgIpc) is 2.58. The Hall–Kier alpha value is -0.300. The molecule has 2 rings (SSSR count). The van der Waals surface area contributed by atoms with Gasteiger partial charge in [0.05, 0.1) is 11.7 Å². The first-order valence-corrected chi connectivity index (χ1v) is 4.45. The number of hydrogen-bond acceptors (Lipinski definition) is 1. The first-order chi connectivity index (χ1) is 5.12. The fourth-order valence-electron chi connectivity index (χ4n) is 1.95. The highest BCUT2D eigenvalue weighted by Gasteiger charge is 2.54. The van der Waals surface area contributed by atoms with Gasteiger partial charge in [0.1, 0.15) is 0 Å². The lowest BCUT2D eigenvalue weighted by atomic mass is 9.85. The molecular weight excluding hydrogens is 136 g/mol. The minimum atomic E-state index is 0.277. The van der Waals surface area contributed by atoms with Gasteiger partial charge >= 0.3 is 0 Å². The summed E-state index contributed by atoms with van der Waals surface area (Å²) in [5.74, 6) is 0. The van der Waals surface area contributed by atoms with Crippen LogP contribution in [-0.2, 0) is 4.74 Å². The number of epoxide rings is 1. The van der Waals surface area contributed by atoms with Crippen molar-refractivity contribution in [2.45, 2.75) is 51.7 Å². The fourth-order valence-corrected chi connectivity index (χ4v) is 1.95. The summed E-state index contributed by atoms with van der Waals surface area (Å²) in [7, 11) is 0. The predicted molar refractivity (Wildman–Crippen MR) is 45.5 cm³/mol. The lowest BCUT2D eigenvalue weighted by Gasteiger charge is -2.16. The van der Waals surface area contributed by atoms with Gasteiger partial charge < -0.3 is 4.74 Å². The Morgan fingerprint density at radius 1 is 1.55 bits per heavy atom. The van der Waals surface area contributed by atoms with Crippen LogP contribution in [-0.4, -0.2) is 11.7 Å². The lowest BCUT2D eigenvalue weighted by molar-refractivity contribution is 0.305. The van der Waals surface area contributed by atoms with Crippen molar-refractivity contribution in [1.29, 1.82) is 0 Å². The van der Waals surface area contributed by atoms with Crippen molar-refractivity contribution in [3.63, 3.8) is 0 Å². The van der Waals surface area contributed by atoms with E-state index in [0.29, 0.717) is 6.10 Å². The van der Waals surface area contributed by atoms with E-state index in [9.17, 15) is 0 Å². The largest absolute Gasteiger partial charge is 0.366 e. The summed E-state index contributed by atoms with van der Waals surface area (Å²) in [6.07, 6.45) is 4.24. The Morgan fingerprint density at radius 2 is 2.27 bits per heavy atom. The van der Waals surface area contributed by atoms with Crippen LogP contribution >= 0.6 is 0 Å². The van der Waals surface area contributed by atoms with E-state index in [-0.39, 0.29) is 5.60 Å². The van der Waals surface area contributed by atoms with Crippen molar-refractivity contribution in [2.24, 2.45) is 0 Å². The van der Waals surface area contributed by atoms with E-state index in [1.54, 1.807) is 5.57 Å². The Labute approximate surface area is 68.4 Å². The molecule has 0 amide bonds. The van der Waals surface area contributed by atoms with Gasteiger partial charge in [0.15, 0.2) is 0 Å². The number of fused-ring (bicyclic) bond motifs is 1. The number of hydrogen-bond donors (Lipinski definition) is 0. The molecule has 1 saturated carbocycles. The molecule has 1 aliphatic carbocycles. The molecule has 11 heavy (non-hydrogen) atoms. The van der Waals surface area contributed by atoms with Crippen LogP contribution in [0.4, 0.5) is 0 Å². The van der Waals surface area contributed by atoms with Crippen molar-refractivity contribution >= 4 is 0 Å². The van der Waals surface area contributed by atoms with Crippen LogP contribution in [0.2, 0.25) is 0 Å². The van der Waals surface area contributed by atoms with Crippen LogP contribution in [0.15, 0.2) is 11.1 Å². The number of ether oxygens (including phenoxy) is 1. The van der Waals surface area contributed by atoms with Crippen LogP contribution < -0.4 is 0 Å². The molecule has 62 valence electrons. The monoisotopic (exact) mass is 152 g/mol. The van der Waals surface area contributed by atoms with E-state index >= 15 is 0 Å². The highest BCUT2D eigenvalue weighted by molar-refractivity contribution is 5.21. The maximum absolute atomic E-state index is 5.61. The second-order valence-corrected chi connectivity index (χ2v) is 4.23. The molecule has 1 aliphatic heterocycles. The Bertz CT molecular complexity index is 213. The lowest BCUT2D eigenvalue weighted by Crippen LogP contribution is -2.16. The summed E-state index contributed by atoms with van der Waals surface area (Å²) in [6.45, 7) is 6.65. The standard InChI is InChI=1S/C10H16O/c1-7(2)8-4-5-10(3)9(6-8)11-10/h9H,4-6H2,1-3H3. The van der Waals surface area contributed by atoms with E-state index in [4.69, 9.17) is 4.74 Å². The molecule has 0 spiro atoms. The number of allylic oxidation sites excluding steroid dienone is 1. The quantitative estimate of drug-likeness (QED) is 0.384. The van der Waals surface area contributed by atoms with Gasteiger partial charge in [-0.05, 0) is 40.0 Å². The highest BCUT2D eigenvalue weighted by Crippen LogP contribution is 2.49. The topological polar surface area (TPSA) is 12.5 Å². The summed E-state index contributed by atoms with van der Waals surface area (Å²) < 4.78 is 5.61. The third kappa shape index (κ3) is 1.12. The van der Waals surface area contributed by atoms with Gasteiger partial charge in [-0.3, -0.25) is 0 Å². The minimum Gasteiger partial charge on any atom is -0.366 e. The number of rotatable bonds is 0. The Balaban J connectivity index is 2.09. The highest BCUT2D eigenvalue weighted by atomic mass is 16.6. The summed E-state index contributed by atoms with van der Waals surface area (Å²) in [5.41, 5.74) is 3.41. The second-order valence-electron chi connectivity index (χ2n) is 4.23. The van der Waals surface area contributed by atoms with E-state index in [2.05, 4.69) is 20.8 Å². The van der Waals surface area contributed by atoms with Gasteiger partial charge in [-0.2, -0.15) is 0 Å². The van der Waals surface area contributed by atoms with Crippen molar-refractivity contribution in [1.82, 2.24) is 0 Å². The first kappa shape index (κ1) is 7.35. The van der Waals surface area contributed by atoms with E-state index in [1.807, 2.05) is 0 Å². The van der Waals surface area contributed by atoms with Crippen LogP contribution in [0.25, 0.3) is 0 Å². The van der Waals surface area contributed by atoms with Crippen LogP contribution in [0.3, 0.4) is 0 Å². The van der Waals surface area contributed by atoms with Gasteiger partial charge in [0.2, 0.25) is 0 Å². The molecule has 1 heteroatoms. The van der Waals surface area contributed by atoms with Crippen LogP contribution in [0.5, 0.6) is 0 Å². The van der Waals surface area contributed by atoms with Crippen molar-refractivity contribution < 1.29 is 4.74 Å². The first-order valence-electron chi connectivity index (χ1n) is 4.45. The average molecular weight is 152 g/mol. The summed E-state index contributed by atoms with van der Waals surface area (Å²) in [4.78, 5) is 0. The minimum absolute atomic E-state index is 0.277. The molecule has 2 atom stereocenters. The molecule has 0 radical (unpaired) electrons. The smallest absolute Gasteiger partial charge is 0.0926 e. The summed E-state index contributed by atoms with van der Waals surface area (Å²) in [5, 5.41) is 0. The maximum atomic E-state index is 5.61. The van der Waals surface area contributed by atoms with E-state index in [1.165, 1.54) is 24.8 Å². The molecule has 2 fully saturated rings. The molecule has 0 aromatic heterocycles. The normalized spacial score (nSPS) is 41.7. The molecule has 1 heterocycles. The maximum Gasteiger partial charge on any atom is 0.0926 e. The SMILES string of the molecule is CC(C)=C1CCC2(C)OC2C1. The molecule has 0 bridgehead atoms. The Morgan fingerprint density at radius 3 is 2.82 bits per heavy atom. The van der Waals surface area contributed by atoms with Gasteiger partial charge in [0, 0.05) is 0 Å². The molecule has 1 saturated heterocycles. The van der Waals surface area contributed by atoms with E-state index < -0.39 is 0 Å². The van der Waals surface area contributed by atoms with Crippen molar-refractivity contribution in [2.75, 3.05) is 0 Å². The predicted octanol–water partition coefficient (Wildman–Crippen LogP) is 2.66. The summed E-state index contributed by atoms with van der Waals surface area (Å²) >= 11 is 0. The third-order valence-electron chi connectivity index (χ3n) is 3.10. The van der Waals surface area contributed by atoms with Crippen LogP contribution in [0.1, 0.15) is 40.0 Å². The molecular formula is C10H16O. The molecule has 2 unspecified atom stereocenters. The van der Waals surface area contributed by atoms with Gasteiger partial charge in [-0.1, -0.05) is 11.1 Å². The summed E-state index contributed by atoms with van der Waals surface area (Å²) in [6, 6.07) is 0.